The molecule has 0 amide bonds. The van der Waals surface area contributed by atoms with E-state index >= 15 is 0 Å². The number of esters is 1. The quantitative estimate of drug-likeness (QED) is 0.510. The first kappa shape index (κ1) is 11.2. The second-order valence-corrected chi connectivity index (χ2v) is 3.23. The van der Waals surface area contributed by atoms with Gasteiger partial charge in [-0.2, -0.15) is 0 Å². The lowest BCUT2D eigenvalue weighted by molar-refractivity contribution is -0.137. The molecular formula is C9H16O3. The summed E-state index contributed by atoms with van der Waals surface area (Å²) in [6.45, 7) is 5.82. The summed E-state index contributed by atoms with van der Waals surface area (Å²) in [7, 11) is 0. The first-order valence-electron chi connectivity index (χ1n) is 3.98. The lowest BCUT2D eigenvalue weighted by Crippen LogP contribution is -2.13. The minimum Gasteiger partial charge on any atom is -0.463 e. The maximum absolute atomic E-state index is 10.8. The molecule has 0 heterocycles. The maximum Gasteiger partial charge on any atom is 0.330 e. The highest BCUT2D eigenvalue weighted by molar-refractivity contribution is 5.81. The molecule has 0 spiro atoms. The molecule has 0 rings (SSSR count). The number of aliphatic hydroxyl groups excluding tert-OH is 1. The van der Waals surface area contributed by atoms with Crippen molar-refractivity contribution < 1.29 is 14.6 Å². The van der Waals surface area contributed by atoms with Crippen LogP contribution in [0.1, 0.15) is 20.8 Å². The Morgan fingerprint density at radius 3 is 2.58 bits per heavy atom. The van der Waals surface area contributed by atoms with E-state index < -0.39 is 0 Å². The van der Waals surface area contributed by atoms with Crippen molar-refractivity contribution in [2.24, 2.45) is 5.41 Å². The van der Waals surface area contributed by atoms with Gasteiger partial charge >= 0.3 is 5.97 Å². The van der Waals surface area contributed by atoms with Crippen LogP contribution < -0.4 is 0 Å². The van der Waals surface area contributed by atoms with Crippen LogP contribution in [0.15, 0.2) is 12.2 Å². The van der Waals surface area contributed by atoms with Crippen molar-refractivity contribution in [3.8, 4) is 0 Å². The summed E-state index contributed by atoms with van der Waals surface area (Å²) in [5, 5.41) is 8.83. The monoisotopic (exact) mass is 172 g/mol. The normalized spacial score (nSPS) is 12.0. The van der Waals surface area contributed by atoms with Gasteiger partial charge in [0.2, 0.25) is 0 Å². The highest BCUT2D eigenvalue weighted by Crippen LogP contribution is 2.14. The average molecular weight is 172 g/mol. The molecule has 0 aliphatic rings. The molecule has 0 aliphatic heterocycles. The predicted octanol–water partition coefficient (Wildman–Crippen LogP) is 1.12. The lowest BCUT2D eigenvalue weighted by Gasteiger charge is -2.14. The molecule has 0 atom stereocenters. The minimum atomic E-state index is -0.362. The van der Waals surface area contributed by atoms with Crippen molar-refractivity contribution in [1.29, 1.82) is 0 Å². The largest absolute Gasteiger partial charge is 0.463 e. The fourth-order valence-corrected chi connectivity index (χ4v) is 0.537. The van der Waals surface area contributed by atoms with Crippen molar-refractivity contribution in [3.05, 3.63) is 12.2 Å². The van der Waals surface area contributed by atoms with Gasteiger partial charge in [0.15, 0.2) is 0 Å². The zero-order chi connectivity index (χ0) is 9.61. The Hall–Kier alpha value is -0.830. The van der Waals surface area contributed by atoms with Gasteiger partial charge in [-0.15, -0.1) is 0 Å². The minimum absolute atomic E-state index is 0.0168. The maximum atomic E-state index is 10.8. The summed E-state index contributed by atoms with van der Waals surface area (Å²) in [5.74, 6) is -0.362. The summed E-state index contributed by atoms with van der Waals surface area (Å²) >= 11 is 0. The van der Waals surface area contributed by atoms with Crippen LogP contribution in [-0.4, -0.2) is 24.3 Å². The molecule has 70 valence electrons. The molecule has 0 aromatic heterocycles. The van der Waals surface area contributed by atoms with E-state index in [1.54, 1.807) is 13.0 Å². The third-order valence-corrected chi connectivity index (χ3v) is 1.36. The Balaban J connectivity index is 3.97. The molecule has 1 N–H and O–H groups in total. The molecule has 12 heavy (non-hydrogen) atoms. The van der Waals surface area contributed by atoms with E-state index in [2.05, 4.69) is 4.74 Å². The number of hydrogen-bond acceptors (Lipinski definition) is 3. The van der Waals surface area contributed by atoms with Gasteiger partial charge in [-0.25, -0.2) is 4.79 Å². The summed E-state index contributed by atoms with van der Waals surface area (Å²) in [6.07, 6.45) is 2.99. The number of carbonyl (C=O) groups is 1. The number of aliphatic hydroxyl groups is 1. The van der Waals surface area contributed by atoms with E-state index in [0.29, 0.717) is 6.61 Å². The highest BCUT2D eigenvalue weighted by atomic mass is 16.5. The van der Waals surface area contributed by atoms with Crippen LogP contribution in [0.4, 0.5) is 0 Å². The Kier molecular flexibility index (Phi) is 4.59. The second kappa shape index (κ2) is 4.93. The fraction of sp³-hybridized carbons (Fsp3) is 0.667. The zero-order valence-corrected chi connectivity index (χ0v) is 7.83. The molecule has 0 bridgehead atoms. The third-order valence-electron chi connectivity index (χ3n) is 1.36. The molecular weight excluding hydrogens is 156 g/mol. The standard InChI is InChI=1S/C9H16O3/c1-4-12-8(11)5-6-9(2,3)7-10/h5-6,10H,4,7H2,1-3H3. The molecule has 0 saturated heterocycles. The number of carbonyl (C=O) groups excluding carboxylic acids is 1. The molecule has 0 aromatic carbocycles. The van der Waals surface area contributed by atoms with Crippen molar-refractivity contribution in [2.45, 2.75) is 20.8 Å². The van der Waals surface area contributed by atoms with Gasteiger partial charge in [0.1, 0.15) is 0 Å². The highest BCUT2D eigenvalue weighted by Gasteiger charge is 2.11. The lowest BCUT2D eigenvalue weighted by atomic mass is 9.94. The van der Waals surface area contributed by atoms with Crippen LogP contribution in [0.5, 0.6) is 0 Å². The van der Waals surface area contributed by atoms with Crippen LogP contribution in [0, 0.1) is 5.41 Å². The van der Waals surface area contributed by atoms with Gasteiger partial charge in [-0.1, -0.05) is 19.9 Å². The molecule has 3 heteroatoms. The second-order valence-electron chi connectivity index (χ2n) is 3.23. The van der Waals surface area contributed by atoms with Crippen LogP contribution in [0.3, 0.4) is 0 Å². The number of ether oxygens (including phenoxy) is 1. The molecule has 3 nitrogen and oxygen atoms in total. The van der Waals surface area contributed by atoms with Gasteiger partial charge in [0.05, 0.1) is 13.2 Å². The third kappa shape index (κ3) is 4.91. The number of hydrogen-bond donors (Lipinski definition) is 1. The van der Waals surface area contributed by atoms with E-state index in [9.17, 15) is 4.79 Å². The summed E-state index contributed by atoms with van der Waals surface area (Å²) in [6, 6.07) is 0. The van der Waals surface area contributed by atoms with Crippen LogP contribution >= 0.6 is 0 Å². The molecule has 0 unspecified atom stereocenters. The predicted molar refractivity (Wildman–Crippen MR) is 46.6 cm³/mol. The summed E-state index contributed by atoms with van der Waals surface area (Å²) in [4.78, 5) is 10.8. The Bertz CT molecular complexity index is 171. The first-order chi connectivity index (χ1) is 5.52. The Morgan fingerprint density at radius 2 is 2.17 bits per heavy atom. The van der Waals surface area contributed by atoms with E-state index in [-0.39, 0.29) is 18.0 Å². The van der Waals surface area contributed by atoms with Crippen LogP contribution in [0.2, 0.25) is 0 Å². The van der Waals surface area contributed by atoms with Gasteiger partial charge < -0.3 is 9.84 Å². The van der Waals surface area contributed by atoms with Gasteiger partial charge in [-0.05, 0) is 6.92 Å². The molecule has 0 saturated carbocycles. The van der Waals surface area contributed by atoms with E-state index in [0.717, 1.165) is 0 Å². The zero-order valence-electron chi connectivity index (χ0n) is 7.83. The molecule has 0 aromatic rings. The van der Waals surface area contributed by atoms with Crippen LogP contribution in [-0.2, 0) is 9.53 Å². The SMILES string of the molecule is CCOC(=O)C=CC(C)(C)CO. The summed E-state index contributed by atoms with van der Waals surface area (Å²) in [5.41, 5.74) is -0.354. The van der Waals surface area contributed by atoms with E-state index in [1.165, 1.54) is 6.08 Å². The Morgan fingerprint density at radius 1 is 1.58 bits per heavy atom. The van der Waals surface area contributed by atoms with Crippen molar-refractivity contribution in [3.63, 3.8) is 0 Å². The van der Waals surface area contributed by atoms with Crippen LogP contribution in [0.25, 0.3) is 0 Å². The first-order valence-corrected chi connectivity index (χ1v) is 3.98. The Labute approximate surface area is 73.0 Å². The number of rotatable bonds is 4. The van der Waals surface area contributed by atoms with Gasteiger partial charge in [-0.3, -0.25) is 0 Å². The molecule has 0 aliphatic carbocycles. The smallest absolute Gasteiger partial charge is 0.330 e. The van der Waals surface area contributed by atoms with Crippen molar-refractivity contribution >= 4 is 5.97 Å². The van der Waals surface area contributed by atoms with Crippen molar-refractivity contribution in [1.82, 2.24) is 0 Å². The van der Waals surface area contributed by atoms with Crippen molar-refractivity contribution in [2.75, 3.05) is 13.2 Å². The average Bonchev–Trinajstić information content (AvgIpc) is 2.02. The van der Waals surface area contributed by atoms with Gasteiger partial charge in [0, 0.05) is 11.5 Å². The fourth-order valence-electron chi connectivity index (χ4n) is 0.537. The van der Waals surface area contributed by atoms with Gasteiger partial charge in [0.25, 0.3) is 0 Å². The topological polar surface area (TPSA) is 46.5 Å². The van der Waals surface area contributed by atoms with E-state index in [1.807, 2.05) is 13.8 Å². The van der Waals surface area contributed by atoms with E-state index in [4.69, 9.17) is 5.11 Å². The molecule has 0 fully saturated rings. The summed E-state index contributed by atoms with van der Waals surface area (Å²) < 4.78 is 4.67. The molecule has 0 radical (unpaired) electrons.